The summed E-state index contributed by atoms with van der Waals surface area (Å²) in [5, 5.41) is 10.8. The normalized spacial score (nSPS) is 19.6. The molecule has 1 saturated carbocycles. The molecule has 0 radical (unpaired) electrons. The van der Waals surface area contributed by atoms with Crippen LogP contribution < -0.4 is 4.90 Å². The van der Waals surface area contributed by atoms with E-state index in [1.54, 1.807) is 25.8 Å². The summed E-state index contributed by atoms with van der Waals surface area (Å²) in [4.78, 5) is 29.1. The summed E-state index contributed by atoms with van der Waals surface area (Å²) in [6.07, 6.45) is 2.53. The number of nitrogens with zero attached hydrogens (tertiary/aromatic N) is 2. The number of benzene rings is 2. The lowest BCUT2D eigenvalue weighted by Gasteiger charge is -2.37. The van der Waals surface area contributed by atoms with Gasteiger partial charge in [-0.2, -0.15) is 0 Å². The molecule has 5 rings (SSSR count). The van der Waals surface area contributed by atoms with E-state index < -0.39 is 5.60 Å². The number of anilines is 1. The fourth-order valence-corrected chi connectivity index (χ4v) is 5.11. The minimum Gasteiger partial charge on any atom is -0.388 e. The Morgan fingerprint density at radius 3 is 2.55 bits per heavy atom. The van der Waals surface area contributed by atoms with Crippen LogP contribution in [-0.2, 0) is 17.8 Å². The zero-order chi connectivity index (χ0) is 20.5. The molecule has 1 N–H and O–H groups in total. The molecule has 3 aliphatic rings. The highest BCUT2D eigenvalue weighted by atomic mass is 16.3. The molecular weight excluding hydrogens is 364 g/mol. The largest absolute Gasteiger partial charge is 0.388 e. The molecule has 2 aliphatic heterocycles. The van der Waals surface area contributed by atoms with E-state index >= 15 is 0 Å². The molecule has 0 spiro atoms. The summed E-state index contributed by atoms with van der Waals surface area (Å²) in [7, 11) is 1.80. The Labute approximate surface area is 170 Å². The number of carbonyl (C=O) groups is 2. The van der Waals surface area contributed by atoms with Crippen LogP contribution in [0.3, 0.4) is 0 Å². The number of rotatable bonds is 4. The zero-order valence-electron chi connectivity index (χ0n) is 17.1. The first-order valence-corrected chi connectivity index (χ1v) is 10.3. The summed E-state index contributed by atoms with van der Waals surface area (Å²) in [5.74, 6) is 0.469. The first kappa shape index (κ1) is 18.4. The Morgan fingerprint density at radius 1 is 1.10 bits per heavy atom. The van der Waals surface area contributed by atoms with Crippen molar-refractivity contribution in [3.8, 4) is 11.1 Å². The first-order valence-electron chi connectivity index (χ1n) is 10.3. The lowest BCUT2D eigenvalue weighted by Crippen LogP contribution is -2.51. The average Bonchev–Trinajstić information content (AvgIpc) is 3.38. The third-order valence-corrected chi connectivity index (χ3v) is 6.56. The van der Waals surface area contributed by atoms with Crippen LogP contribution in [-0.4, -0.2) is 40.5 Å². The highest BCUT2D eigenvalue weighted by Gasteiger charge is 2.48. The topological polar surface area (TPSA) is 60.9 Å². The maximum atomic E-state index is 13.5. The summed E-state index contributed by atoms with van der Waals surface area (Å²) in [6, 6.07) is 11.8. The molecule has 150 valence electrons. The van der Waals surface area contributed by atoms with Gasteiger partial charge in [-0.25, -0.2) is 0 Å². The van der Waals surface area contributed by atoms with Crippen LogP contribution in [0.25, 0.3) is 11.1 Å². The van der Waals surface area contributed by atoms with Gasteiger partial charge in [0, 0.05) is 19.3 Å². The quantitative estimate of drug-likeness (QED) is 0.871. The van der Waals surface area contributed by atoms with E-state index in [-0.39, 0.29) is 17.9 Å². The molecule has 1 atom stereocenters. The van der Waals surface area contributed by atoms with Crippen LogP contribution in [0.5, 0.6) is 0 Å². The van der Waals surface area contributed by atoms with Gasteiger partial charge in [-0.3, -0.25) is 9.59 Å². The van der Waals surface area contributed by atoms with Crippen molar-refractivity contribution in [1.82, 2.24) is 4.90 Å². The number of likely N-dealkylation sites (N-methyl/N-ethyl adjacent to an activating group) is 1. The van der Waals surface area contributed by atoms with Crippen molar-refractivity contribution in [2.75, 3.05) is 11.9 Å². The van der Waals surface area contributed by atoms with Gasteiger partial charge in [0.25, 0.3) is 5.91 Å². The van der Waals surface area contributed by atoms with E-state index in [4.69, 9.17) is 0 Å². The Balaban J connectivity index is 1.55. The number of hydrogen-bond donors (Lipinski definition) is 1. The van der Waals surface area contributed by atoms with Gasteiger partial charge in [0.1, 0.15) is 0 Å². The highest BCUT2D eigenvalue weighted by molar-refractivity contribution is 6.06. The van der Waals surface area contributed by atoms with Crippen molar-refractivity contribution in [1.29, 1.82) is 0 Å². The predicted octanol–water partition coefficient (Wildman–Crippen LogP) is 3.38. The van der Waals surface area contributed by atoms with E-state index in [1.807, 2.05) is 41.3 Å². The SMILES string of the molecule is CN1C(=O)Cc2cc(-c3cccc4c3C(=O)N(C(C3CC3)C(C)(C)O)C4)ccc21. The van der Waals surface area contributed by atoms with Gasteiger partial charge in [0.05, 0.1) is 23.6 Å². The summed E-state index contributed by atoms with van der Waals surface area (Å²) < 4.78 is 0. The minimum atomic E-state index is -0.933. The second kappa shape index (κ2) is 6.17. The molecule has 2 aromatic carbocycles. The van der Waals surface area contributed by atoms with Crippen LogP contribution in [0.1, 0.15) is 48.2 Å². The second-order valence-corrected chi connectivity index (χ2v) is 9.18. The Bertz CT molecular complexity index is 1030. The number of carbonyl (C=O) groups excluding carboxylic acids is 2. The van der Waals surface area contributed by atoms with Crippen molar-refractivity contribution < 1.29 is 14.7 Å². The molecule has 5 nitrogen and oxygen atoms in total. The van der Waals surface area contributed by atoms with Crippen molar-refractivity contribution in [2.24, 2.45) is 5.92 Å². The molecule has 29 heavy (non-hydrogen) atoms. The number of aliphatic hydroxyl groups is 1. The zero-order valence-corrected chi connectivity index (χ0v) is 17.1. The molecule has 1 fully saturated rings. The molecule has 0 saturated heterocycles. The predicted molar refractivity (Wildman–Crippen MR) is 112 cm³/mol. The van der Waals surface area contributed by atoms with Crippen molar-refractivity contribution in [3.05, 3.63) is 53.1 Å². The third kappa shape index (κ3) is 2.87. The van der Waals surface area contributed by atoms with Crippen LogP contribution >= 0.6 is 0 Å². The third-order valence-electron chi connectivity index (χ3n) is 6.56. The maximum Gasteiger partial charge on any atom is 0.255 e. The van der Waals surface area contributed by atoms with Crippen LogP contribution in [0.15, 0.2) is 36.4 Å². The Kier molecular flexibility index (Phi) is 3.91. The molecule has 2 heterocycles. The van der Waals surface area contributed by atoms with E-state index in [0.29, 0.717) is 18.9 Å². The van der Waals surface area contributed by atoms with Gasteiger partial charge in [-0.05, 0) is 67.0 Å². The van der Waals surface area contributed by atoms with Gasteiger partial charge in [-0.1, -0.05) is 24.3 Å². The lowest BCUT2D eigenvalue weighted by atomic mass is 9.92. The average molecular weight is 390 g/mol. The lowest BCUT2D eigenvalue weighted by molar-refractivity contribution is -0.117. The molecule has 0 aromatic heterocycles. The van der Waals surface area contributed by atoms with Gasteiger partial charge in [-0.15, -0.1) is 0 Å². The first-order chi connectivity index (χ1) is 13.8. The second-order valence-electron chi connectivity index (χ2n) is 9.18. The summed E-state index contributed by atoms with van der Waals surface area (Å²) >= 11 is 0. The summed E-state index contributed by atoms with van der Waals surface area (Å²) in [6.45, 7) is 4.15. The Morgan fingerprint density at radius 2 is 1.86 bits per heavy atom. The maximum absolute atomic E-state index is 13.5. The van der Waals surface area contributed by atoms with E-state index in [0.717, 1.165) is 46.3 Å². The molecule has 5 heteroatoms. The summed E-state index contributed by atoms with van der Waals surface area (Å²) in [5.41, 5.74) is 4.63. The van der Waals surface area contributed by atoms with Crippen molar-refractivity contribution in [2.45, 2.75) is 51.3 Å². The minimum absolute atomic E-state index is 0.00307. The molecule has 1 aliphatic carbocycles. The van der Waals surface area contributed by atoms with Crippen LogP contribution in [0.2, 0.25) is 0 Å². The molecule has 2 aromatic rings. The number of fused-ring (bicyclic) bond motifs is 2. The number of amides is 2. The fourth-order valence-electron chi connectivity index (χ4n) is 5.11. The van der Waals surface area contributed by atoms with Crippen molar-refractivity contribution in [3.63, 3.8) is 0 Å². The number of hydrogen-bond acceptors (Lipinski definition) is 3. The van der Waals surface area contributed by atoms with Gasteiger partial charge in [0.15, 0.2) is 0 Å². The monoisotopic (exact) mass is 390 g/mol. The van der Waals surface area contributed by atoms with Crippen molar-refractivity contribution >= 4 is 17.5 Å². The molecule has 2 amide bonds. The molecule has 0 bridgehead atoms. The van der Waals surface area contributed by atoms with Gasteiger partial charge < -0.3 is 14.9 Å². The van der Waals surface area contributed by atoms with E-state index in [2.05, 4.69) is 0 Å². The smallest absolute Gasteiger partial charge is 0.255 e. The van der Waals surface area contributed by atoms with Crippen LogP contribution in [0.4, 0.5) is 5.69 Å². The van der Waals surface area contributed by atoms with Gasteiger partial charge >= 0.3 is 0 Å². The fraction of sp³-hybridized carbons (Fsp3) is 0.417. The van der Waals surface area contributed by atoms with E-state index in [9.17, 15) is 14.7 Å². The highest BCUT2D eigenvalue weighted by Crippen LogP contribution is 2.44. The van der Waals surface area contributed by atoms with Crippen LogP contribution in [0, 0.1) is 5.92 Å². The molecule has 1 unspecified atom stereocenters. The molecular formula is C24H26N2O3. The Hall–Kier alpha value is -2.66. The standard InChI is InChI=1S/C24H26N2O3/c1-24(2,29)22(14-7-8-14)26-13-16-5-4-6-18(21(16)23(26)28)15-9-10-19-17(11-15)12-20(27)25(19)3/h4-6,9-11,14,22,29H,7-8,12-13H2,1-3H3. The van der Waals surface area contributed by atoms with E-state index in [1.165, 1.54) is 0 Å². The van der Waals surface area contributed by atoms with Gasteiger partial charge in [0.2, 0.25) is 5.91 Å².